The Hall–Kier alpha value is -15.7. The highest BCUT2D eigenvalue weighted by atomic mass is 16.4. The zero-order valence-electron chi connectivity index (χ0n) is 82.9. The number of rotatable bonds is 74. The molecule has 0 aromatic heterocycles. The maximum atomic E-state index is 15.1. The average Bonchev–Trinajstić information content (AvgIpc) is 0.841. The second-order valence-corrected chi connectivity index (χ2v) is 35.1. The molecule has 0 aliphatic heterocycles. The van der Waals surface area contributed by atoms with Crippen molar-refractivity contribution in [1.82, 2.24) is 95.7 Å². The number of carbonyl (C=O) groups excluding carboxylic acids is 17. The number of carboxylic acid groups (broad SMARTS) is 5. The number of unbranched alkanes of at least 4 members (excludes halogenated alkanes) is 3. The molecule has 0 spiro atoms. The van der Waals surface area contributed by atoms with Crippen LogP contribution in [-0.4, -0.2) is 326 Å². The van der Waals surface area contributed by atoms with Crippen LogP contribution in [-0.2, 0) is 125 Å². The van der Waals surface area contributed by atoms with Gasteiger partial charge in [0.25, 0.3) is 0 Å². The van der Waals surface area contributed by atoms with E-state index < -0.39 is 335 Å². The van der Waals surface area contributed by atoms with Gasteiger partial charge in [0.2, 0.25) is 100 Å². The lowest BCUT2D eigenvalue weighted by molar-refractivity contribution is -0.144. The highest BCUT2D eigenvalue weighted by Crippen LogP contribution is 2.17. The molecule has 824 valence electrons. The molecular weight excluding hydrogens is 1960 g/mol. The van der Waals surface area contributed by atoms with Crippen LogP contribution in [0, 0.1) is 10.8 Å². The Morgan fingerprint density at radius 2 is 0.537 bits per heavy atom. The molecule has 0 heterocycles. The third-order valence-corrected chi connectivity index (χ3v) is 22.6. The summed E-state index contributed by atoms with van der Waals surface area (Å²) in [6, 6.07) is -4.98. The molecule has 56 heteroatoms. The van der Waals surface area contributed by atoms with Crippen LogP contribution < -0.4 is 136 Å². The van der Waals surface area contributed by atoms with Gasteiger partial charge >= 0.3 is 29.8 Å². The smallest absolute Gasteiger partial charge is 0.322 e. The van der Waals surface area contributed by atoms with Crippen LogP contribution in [0.25, 0.3) is 0 Å². The average molecular weight is 2100 g/mol. The van der Waals surface area contributed by atoms with Gasteiger partial charge in [0.1, 0.15) is 97.2 Å². The number of carboxylic acids is 5. The summed E-state index contributed by atoms with van der Waals surface area (Å²) >= 11 is 0. The minimum Gasteiger partial charge on any atom is -0.481 e. The van der Waals surface area contributed by atoms with Crippen molar-refractivity contribution in [2.75, 3.05) is 39.3 Å². The van der Waals surface area contributed by atoms with Crippen LogP contribution in [0.1, 0.15) is 172 Å². The fraction of sp³-hybridized carbons (Fsp3) is 0.548. The first kappa shape index (κ1) is 127. The summed E-state index contributed by atoms with van der Waals surface area (Å²) < 4.78 is 0. The Balaban J connectivity index is 2.09. The third-order valence-electron chi connectivity index (χ3n) is 22.6. The molecule has 3 aromatic rings. The number of primary amides is 1. The van der Waals surface area contributed by atoms with E-state index in [4.69, 9.17) is 56.1 Å². The topological polar surface area (TPSA) is 964 Å². The van der Waals surface area contributed by atoms with Crippen molar-refractivity contribution in [3.8, 4) is 0 Å². The van der Waals surface area contributed by atoms with Crippen molar-refractivity contribution in [2.45, 2.75) is 284 Å². The molecule has 3 rings (SSSR count). The van der Waals surface area contributed by atoms with Gasteiger partial charge in [0, 0.05) is 51.6 Å². The summed E-state index contributed by atoms with van der Waals surface area (Å²) in [4.78, 5) is 303. The van der Waals surface area contributed by atoms with Gasteiger partial charge in [-0.3, -0.25) is 116 Å². The quantitative estimate of drug-likeness (QED) is 0.0142. The van der Waals surface area contributed by atoms with Crippen LogP contribution in [0.15, 0.2) is 91.0 Å². The van der Waals surface area contributed by atoms with E-state index in [0.29, 0.717) is 36.1 Å². The lowest BCUT2D eigenvalue weighted by Crippen LogP contribution is -2.62. The normalized spacial score (nSPS) is 14.6. The van der Waals surface area contributed by atoms with Crippen molar-refractivity contribution < 1.29 is 141 Å². The lowest BCUT2D eigenvalue weighted by atomic mass is 10.0. The largest absolute Gasteiger partial charge is 0.481 e. The minimum atomic E-state index is -2.20. The number of carbonyl (C=O) groups is 22. The van der Waals surface area contributed by atoms with E-state index in [1.165, 1.54) is 12.1 Å². The molecule has 0 aliphatic carbocycles. The number of nitrogens with one attached hydrogen (secondary N) is 20. The summed E-state index contributed by atoms with van der Waals surface area (Å²) in [5, 5.41) is 129. The maximum Gasteiger partial charge on any atom is 0.322 e. The van der Waals surface area contributed by atoms with E-state index >= 15 is 19.2 Å². The Morgan fingerprint density at radius 3 is 0.852 bits per heavy atom. The van der Waals surface area contributed by atoms with Crippen LogP contribution in [0.5, 0.6) is 0 Å². The maximum absolute atomic E-state index is 15.1. The predicted octanol–water partition coefficient (Wildman–Crippen LogP) is -9.85. The molecule has 18 atom stereocenters. The van der Waals surface area contributed by atoms with Gasteiger partial charge in [-0.15, -0.1) is 0 Å². The van der Waals surface area contributed by atoms with Crippen molar-refractivity contribution in [1.29, 1.82) is 10.8 Å². The van der Waals surface area contributed by atoms with Crippen molar-refractivity contribution in [3.05, 3.63) is 108 Å². The first-order chi connectivity index (χ1) is 70.5. The SMILES string of the molecule is C[C@H](NC(=O)[C@H](CC(=O)O)NC(=O)[C@H](CC(=O)O)NC(=O)[C@@H](NC(=O)[C@H](Cc1ccccc1)NC(=O)[C@@H](N)CCCCN)[C@@H](C)O)C(=O)N[C@@H](CCCCN)C(=O)N[C@@H](Cc1ccccc1)C(=O)N[C@@H](CCCNC(=N)N)C(=O)N[C@@H](CCC(=O)O)C(=O)N[C@@H](CCCNC(=N)N)C(=O)N[C@@H](Cc1ccccc1)C(=O)N[C@@H](CCC(N)=O)C(=O)N[C@@H](CCC(=O)O)C(=O)N[C@@H](CCCCN)C(=O)N[C@H](C(=O)NCC(=O)O)[C@@H](C)O. The van der Waals surface area contributed by atoms with Gasteiger partial charge in [-0.2, -0.15) is 0 Å². The molecule has 0 saturated heterocycles. The number of amides is 17. The van der Waals surface area contributed by atoms with E-state index in [1.54, 1.807) is 78.9 Å². The molecule has 0 saturated carbocycles. The van der Waals surface area contributed by atoms with Gasteiger partial charge in [0.15, 0.2) is 11.9 Å². The van der Waals surface area contributed by atoms with E-state index in [9.17, 15) is 117 Å². The van der Waals surface area contributed by atoms with Gasteiger partial charge in [-0.05, 0) is 153 Å². The number of nitrogens with two attached hydrogens (primary N) is 7. The van der Waals surface area contributed by atoms with Crippen LogP contribution >= 0.6 is 0 Å². The zero-order valence-corrected chi connectivity index (χ0v) is 82.9. The third kappa shape index (κ3) is 51.3. The molecule has 149 heavy (non-hydrogen) atoms. The number of benzene rings is 3. The lowest BCUT2D eigenvalue weighted by Gasteiger charge is -2.29. The first-order valence-electron chi connectivity index (χ1n) is 48.2. The Labute approximate surface area is 857 Å². The van der Waals surface area contributed by atoms with Crippen molar-refractivity contribution >= 4 is 142 Å². The molecule has 17 amide bonds. The number of aliphatic hydroxyl groups excluding tert-OH is 2. The van der Waals surface area contributed by atoms with Crippen LogP contribution in [0.2, 0.25) is 0 Å². The molecule has 56 nitrogen and oxygen atoms in total. The molecule has 0 unspecified atom stereocenters. The monoisotopic (exact) mass is 2100 g/mol. The summed E-state index contributed by atoms with van der Waals surface area (Å²) in [6.45, 7) is 2.38. The second-order valence-electron chi connectivity index (χ2n) is 35.1. The molecule has 0 radical (unpaired) electrons. The second kappa shape index (κ2) is 68.6. The molecular formula is C93H143N27O29. The minimum absolute atomic E-state index is 0.0420. The number of aliphatic carboxylic acids is 5. The zero-order chi connectivity index (χ0) is 112. The standard InChI is InChI=1S/C93H143N27O29/c1-49(106-85(143)66(46-71(128)129)117-88(146)67(47-72(130)131)118-91(149)75(51(3)122)120-89(147)65(45-54-25-11-6-12-26-54)114-77(135)55(97)27-13-16-38-94)76(134)107-56(28-14-17-39-95)79(137)115-63(43-52-21-7-4-8-22-52)86(144)110-58(30-19-41-103-92(99)100)78(136)111-61(33-36-69(124)125)83(141)109-59(31-20-42-104-93(101)102)80(138)116-64(44-53-23-9-5-10-24-53)87(145)113-60(32-35-68(98)123)81(139)112-62(34-37-70(126)127)82(140)108-57(29-15-18-40-96)84(142)119-74(50(2)121)90(148)105-48-73(132)133/h4-12,21-26,49-51,55-67,74-75,121-122H,13-20,27-48,94-97H2,1-3H3,(H2,98,123)(H,105,148)(H,106,143)(H,107,134)(H,108,140)(H,109,141)(H,110,144)(H,111,136)(H,112,139)(H,113,145)(H,114,135)(H,115,137)(H,116,138)(H,117,146)(H,118,149)(H,119,142)(H,120,147)(H,124,125)(H,126,127)(H,128,129)(H,130,131)(H,132,133)(H4,99,100,103)(H4,101,102,104)/t49-,50+,51+,55-,56-,57-,58-,59-,60-,61-,62-,63-,64-,65-,66-,67-,74-,75-/m0/s1. The molecule has 0 aliphatic rings. The number of guanidine groups is 2. The van der Waals surface area contributed by atoms with Gasteiger partial charge in [-0.1, -0.05) is 97.4 Å². The van der Waals surface area contributed by atoms with Crippen LogP contribution in [0.3, 0.4) is 0 Å². The Bertz CT molecular complexity index is 4990. The van der Waals surface area contributed by atoms with E-state index in [1.807, 2.05) is 10.6 Å². The van der Waals surface area contributed by atoms with E-state index in [0.717, 1.165) is 20.8 Å². The highest BCUT2D eigenvalue weighted by Gasteiger charge is 2.41. The van der Waals surface area contributed by atoms with Gasteiger partial charge in [0.05, 0.1) is 31.1 Å². The van der Waals surface area contributed by atoms with Gasteiger partial charge in [-0.25, -0.2) is 0 Å². The van der Waals surface area contributed by atoms with Crippen molar-refractivity contribution in [3.63, 3.8) is 0 Å². The number of hydrogen-bond donors (Lipinski definition) is 34. The predicted molar refractivity (Wildman–Crippen MR) is 531 cm³/mol. The summed E-state index contributed by atoms with van der Waals surface area (Å²) in [5.41, 5.74) is 41.1. The molecule has 3 aromatic carbocycles. The molecule has 0 fully saturated rings. The fourth-order valence-electron chi connectivity index (χ4n) is 14.6. The number of hydrogen-bond acceptors (Lipinski definition) is 30. The fourth-order valence-corrected chi connectivity index (χ4v) is 14.6. The Kier molecular flexibility index (Phi) is 58.7. The summed E-state index contributed by atoms with van der Waals surface area (Å²) in [7, 11) is 0. The summed E-state index contributed by atoms with van der Waals surface area (Å²) in [6.07, 6.45) is -11.3. The van der Waals surface area contributed by atoms with E-state index in [-0.39, 0.29) is 90.4 Å². The first-order valence-corrected chi connectivity index (χ1v) is 48.2. The van der Waals surface area contributed by atoms with Crippen molar-refractivity contribution in [2.24, 2.45) is 40.1 Å². The van der Waals surface area contributed by atoms with Gasteiger partial charge < -0.3 is 172 Å². The molecule has 0 bridgehead atoms. The Morgan fingerprint density at radius 1 is 0.275 bits per heavy atom. The van der Waals surface area contributed by atoms with Crippen LogP contribution in [0.4, 0.5) is 0 Å². The highest BCUT2D eigenvalue weighted by molar-refractivity contribution is 6.03. The molecule has 41 N–H and O–H groups in total. The summed E-state index contributed by atoms with van der Waals surface area (Å²) in [5.74, 6) is -29.4. The number of aliphatic hydroxyl groups is 2. The van der Waals surface area contributed by atoms with E-state index in [2.05, 4.69) is 85.1 Å².